The Labute approximate surface area is 115 Å². The molecule has 0 radical (unpaired) electrons. The Bertz CT molecular complexity index is 547. The van der Waals surface area contributed by atoms with Gasteiger partial charge in [0.25, 0.3) is 0 Å². The van der Waals surface area contributed by atoms with Gasteiger partial charge in [0, 0.05) is 17.9 Å². The molecule has 0 spiro atoms. The van der Waals surface area contributed by atoms with Crippen LogP contribution < -0.4 is 4.90 Å². The lowest BCUT2D eigenvalue weighted by molar-refractivity contribution is 0.559. The summed E-state index contributed by atoms with van der Waals surface area (Å²) in [5, 5.41) is 0.605. The molecule has 1 heterocycles. The first kappa shape index (κ1) is 13.8. The van der Waals surface area contributed by atoms with Gasteiger partial charge in [-0.3, -0.25) is 0 Å². The molecule has 1 aromatic carbocycles. The number of nitrogens with zero attached hydrogens (tertiary/aromatic N) is 1. The summed E-state index contributed by atoms with van der Waals surface area (Å²) in [7, 11) is -2.97. The van der Waals surface area contributed by atoms with E-state index in [9.17, 15) is 12.8 Å². The normalized spacial score (nSPS) is 23.1. The molecule has 1 aromatic rings. The van der Waals surface area contributed by atoms with E-state index in [1.165, 1.54) is 6.07 Å². The zero-order valence-electron chi connectivity index (χ0n) is 10.1. The summed E-state index contributed by atoms with van der Waals surface area (Å²) in [4.78, 5) is 1.83. The lowest BCUT2D eigenvalue weighted by atomic mass is 10.1. The molecule has 0 N–H and O–H groups in total. The molecule has 18 heavy (non-hydrogen) atoms. The molecule has 1 aliphatic heterocycles. The highest BCUT2D eigenvalue weighted by Gasteiger charge is 2.29. The van der Waals surface area contributed by atoms with Gasteiger partial charge in [-0.15, -0.1) is 0 Å². The van der Waals surface area contributed by atoms with E-state index in [0.717, 1.165) is 5.56 Å². The minimum Gasteiger partial charge on any atom is -0.364 e. The van der Waals surface area contributed by atoms with E-state index < -0.39 is 9.84 Å². The van der Waals surface area contributed by atoms with E-state index in [1.54, 1.807) is 6.07 Å². The van der Waals surface area contributed by atoms with Crippen molar-refractivity contribution in [2.24, 2.45) is 0 Å². The third-order valence-corrected chi connectivity index (χ3v) is 5.59. The van der Waals surface area contributed by atoms with Gasteiger partial charge in [0.1, 0.15) is 5.82 Å². The van der Waals surface area contributed by atoms with Gasteiger partial charge >= 0.3 is 0 Å². The molecule has 1 fully saturated rings. The van der Waals surface area contributed by atoms with Gasteiger partial charge in [0.15, 0.2) is 9.84 Å². The van der Waals surface area contributed by atoms with E-state index in [4.69, 9.17) is 0 Å². The maximum Gasteiger partial charge on any atom is 0.154 e. The van der Waals surface area contributed by atoms with Crippen molar-refractivity contribution in [1.29, 1.82) is 0 Å². The average molecular weight is 336 g/mol. The second-order valence-electron chi connectivity index (χ2n) is 4.58. The van der Waals surface area contributed by atoms with Crippen LogP contribution in [0.5, 0.6) is 0 Å². The second-order valence-corrected chi connectivity index (χ2v) is 7.37. The van der Waals surface area contributed by atoms with Gasteiger partial charge in [-0.2, -0.15) is 0 Å². The summed E-state index contributed by atoms with van der Waals surface area (Å²) in [5.41, 5.74) is 1.36. The molecular weight excluding hydrogens is 321 g/mol. The molecule has 0 amide bonds. The molecule has 0 aliphatic carbocycles. The van der Waals surface area contributed by atoms with E-state index in [2.05, 4.69) is 15.9 Å². The van der Waals surface area contributed by atoms with Gasteiger partial charge in [0.05, 0.1) is 17.2 Å². The van der Waals surface area contributed by atoms with Crippen LogP contribution in [0.15, 0.2) is 18.2 Å². The SMILES string of the molecule is CC1CS(=O)(=O)CCN1c1ccc(CBr)cc1F. The quantitative estimate of drug-likeness (QED) is 0.778. The molecular formula is C12H15BrFNO2S. The number of hydrogen-bond acceptors (Lipinski definition) is 3. The molecule has 0 aromatic heterocycles. The van der Waals surface area contributed by atoms with Crippen molar-refractivity contribution < 1.29 is 12.8 Å². The highest BCUT2D eigenvalue weighted by Crippen LogP contribution is 2.26. The maximum absolute atomic E-state index is 14.0. The summed E-state index contributed by atoms with van der Waals surface area (Å²) in [6.45, 7) is 2.17. The van der Waals surface area contributed by atoms with Gasteiger partial charge < -0.3 is 4.90 Å². The molecule has 1 atom stereocenters. The number of rotatable bonds is 2. The number of anilines is 1. The first-order valence-corrected chi connectivity index (χ1v) is 8.68. The van der Waals surface area contributed by atoms with Crippen molar-refractivity contribution in [2.75, 3.05) is 23.0 Å². The molecule has 0 saturated carbocycles. The van der Waals surface area contributed by atoms with Crippen LogP contribution >= 0.6 is 15.9 Å². The number of halogens is 2. The molecule has 2 rings (SSSR count). The Morgan fingerprint density at radius 1 is 1.50 bits per heavy atom. The topological polar surface area (TPSA) is 37.4 Å². The van der Waals surface area contributed by atoms with Crippen molar-refractivity contribution in [3.8, 4) is 0 Å². The van der Waals surface area contributed by atoms with Crippen molar-refractivity contribution >= 4 is 31.5 Å². The lowest BCUT2D eigenvalue weighted by Gasteiger charge is -2.35. The zero-order chi connectivity index (χ0) is 13.3. The van der Waals surface area contributed by atoms with Gasteiger partial charge in [-0.05, 0) is 24.6 Å². The Hall–Kier alpha value is -0.620. The van der Waals surface area contributed by atoms with Gasteiger partial charge in [-0.1, -0.05) is 22.0 Å². The maximum atomic E-state index is 14.0. The fourth-order valence-corrected chi connectivity index (χ4v) is 4.13. The zero-order valence-corrected chi connectivity index (χ0v) is 12.5. The molecule has 3 nitrogen and oxygen atoms in total. The van der Waals surface area contributed by atoms with Crippen molar-refractivity contribution in [1.82, 2.24) is 0 Å². The Morgan fingerprint density at radius 2 is 2.22 bits per heavy atom. The van der Waals surface area contributed by atoms with Crippen LogP contribution in [0.25, 0.3) is 0 Å². The smallest absolute Gasteiger partial charge is 0.154 e. The van der Waals surface area contributed by atoms with Crippen molar-refractivity contribution in [3.05, 3.63) is 29.6 Å². The first-order valence-electron chi connectivity index (χ1n) is 5.74. The third-order valence-electron chi connectivity index (χ3n) is 3.15. The average Bonchev–Trinajstić information content (AvgIpc) is 2.29. The van der Waals surface area contributed by atoms with Crippen LogP contribution in [0.3, 0.4) is 0 Å². The van der Waals surface area contributed by atoms with Gasteiger partial charge in [-0.25, -0.2) is 12.8 Å². The van der Waals surface area contributed by atoms with E-state index in [0.29, 0.717) is 17.6 Å². The first-order chi connectivity index (χ1) is 8.43. The van der Waals surface area contributed by atoms with Crippen LogP contribution in [0, 0.1) is 5.82 Å². The predicted molar refractivity (Wildman–Crippen MR) is 74.5 cm³/mol. The standard InChI is InChI=1S/C12H15BrFNO2S/c1-9-8-18(16,17)5-4-15(9)12-3-2-10(7-13)6-11(12)14/h2-3,6,9H,4-5,7-8H2,1H3. The lowest BCUT2D eigenvalue weighted by Crippen LogP contribution is -2.47. The Morgan fingerprint density at radius 3 is 2.78 bits per heavy atom. The predicted octanol–water partition coefficient (Wildman–Crippen LogP) is 2.34. The summed E-state index contributed by atoms with van der Waals surface area (Å²) in [5.74, 6) is -0.109. The minimum absolute atomic E-state index is 0.0899. The largest absolute Gasteiger partial charge is 0.364 e. The summed E-state index contributed by atoms with van der Waals surface area (Å²) in [6, 6.07) is 4.87. The molecule has 1 aliphatic rings. The number of sulfone groups is 1. The van der Waals surface area contributed by atoms with E-state index in [1.807, 2.05) is 17.9 Å². The number of hydrogen-bond donors (Lipinski definition) is 0. The fourth-order valence-electron chi connectivity index (χ4n) is 2.22. The highest BCUT2D eigenvalue weighted by molar-refractivity contribution is 9.08. The van der Waals surface area contributed by atoms with Crippen LogP contribution in [0.4, 0.5) is 10.1 Å². The van der Waals surface area contributed by atoms with E-state index >= 15 is 0 Å². The van der Waals surface area contributed by atoms with Crippen LogP contribution in [-0.2, 0) is 15.2 Å². The molecule has 0 bridgehead atoms. The summed E-state index contributed by atoms with van der Waals surface area (Å²) in [6.07, 6.45) is 0. The van der Waals surface area contributed by atoms with Crippen molar-refractivity contribution in [2.45, 2.75) is 18.3 Å². The summed E-state index contributed by atoms with van der Waals surface area (Å²) >= 11 is 3.28. The fraction of sp³-hybridized carbons (Fsp3) is 0.500. The minimum atomic E-state index is -2.97. The highest BCUT2D eigenvalue weighted by atomic mass is 79.9. The van der Waals surface area contributed by atoms with Gasteiger partial charge in [0.2, 0.25) is 0 Å². The molecule has 100 valence electrons. The molecule has 1 unspecified atom stereocenters. The molecule has 1 saturated heterocycles. The number of benzene rings is 1. The monoisotopic (exact) mass is 335 g/mol. The Kier molecular flexibility index (Phi) is 3.96. The Balaban J connectivity index is 2.27. The van der Waals surface area contributed by atoms with Crippen LogP contribution in [0.2, 0.25) is 0 Å². The number of alkyl halides is 1. The van der Waals surface area contributed by atoms with Crippen LogP contribution in [0.1, 0.15) is 12.5 Å². The third kappa shape index (κ3) is 2.85. The molecule has 6 heteroatoms. The summed E-state index contributed by atoms with van der Waals surface area (Å²) < 4.78 is 37.0. The van der Waals surface area contributed by atoms with Crippen molar-refractivity contribution in [3.63, 3.8) is 0 Å². The van der Waals surface area contributed by atoms with Crippen LogP contribution in [-0.4, -0.2) is 32.5 Å². The van der Waals surface area contributed by atoms with E-state index in [-0.39, 0.29) is 23.4 Å². The second kappa shape index (κ2) is 5.17.